The molecular weight excluding hydrogens is 454 g/mol. The maximum Gasteiger partial charge on any atom is 0.438 e. The van der Waals surface area contributed by atoms with Crippen molar-refractivity contribution >= 4 is 10.1 Å². The number of nitrogens with one attached hydrogen (secondary N) is 1. The van der Waals surface area contributed by atoms with Crippen molar-refractivity contribution in [2.24, 2.45) is 0 Å². The Morgan fingerprint density at radius 2 is 1.21 bits per heavy atom. The third-order valence-corrected chi connectivity index (χ3v) is 3.72. The molecule has 0 radical (unpaired) electrons. The second-order valence-electron chi connectivity index (χ2n) is 5.24. The van der Waals surface area contributed by atoms with Crippen molar-refractivity contribution < 1.29 is 65.7 Å². The zero-order chi connectivity index (χ0) is 23.4. The van der Waals surface area contributed by atoms with Crippen molar-refractivity contribution in [3.05, 3.63) is 0 Å². The lowest BCUT2D eigenvalue weighted by Gasteiger charge is -2.36. The normalized spacial score (nSPS) is 15.7. The van der Waals surface area contributed by atoms with Gasteiger partial charge in [0.15, 0.2) is 6.17 Å². The van der Waals surface area contributed by atoms with E-state index in [4.69, 9.17) is 4.55 Å². The van der Waals surface area contributed by atoms with Crippen LogP contribution in [0.25, 0.3) is 0 Å². The molecule has 28 heavy (non-hydrogen) atoms. The zero-order valence-electron chi connectivity index (χ0n) is 13.9. The van der Waals surface area contributed by atoms with Crippen LogP contribution in [0, 0.1) is 0 Å². The molecule has 1 unspecified atom stereocenters. The predicted molar refractivity (Wildman–Crippen MR) is 71.1 cm³/mol. The van der Waals surface area contributed by atoms with Crippen molar-refractivity contribution in [3.8, 4) is 0 Å². The minimum atomic E-state index is -7.49. The van der Waals surface area contributed by atoms with Crippen LogP contribution >= 0.6 is 0 Å². The highest BCUT2D eigenvalue weighted by Gasteiger charge is 2.85. The van der Waals surface area contributed by atoms with E-state index in [0.717, 1.165) is 0 Å². The molecular formula is C11H15F12NO3S. The molecule has 0 aromatic carbocycles. The van der Waals surface area contributed by atoms with Crippen LogP contribution in [0.1, 0.15) is 19.3 Å². The van der Waals surface area contributed by atoms with Crippen LogP contribution in [0.4, 0.5) is 52.7 Å². The second-order valence-corrected chi connectivity index (χ2v) is 6.70. The Morgan fingerprint density at radius 3 is 1.50 bits per heavy atom. The molecule has 17 heteroatoms. The fourth-order valence-corrected chi connectivity index (χ4v) is 1.87. The summed E-state index contributed by atoms with van der Waals surface area (Å²) in [4.78, 5) is 0. The number of hydrogen-bond acceptors (Lipinski definition) is 3. The Hall–Kier alpha value is -0.970. The molecule has 0 aliphatic rings. The second kappa shape index (κ2) is 9.23. The van der Waals surface area contributed by atoms with E-state index in [-0.39, 0.29) is 0 Å². The molecule has 0 aromatic heterocycles. The molecule has 0 aliphatic carbocycles. The van der Waals surface area contributed by atoms with E-state index in [0.29, 0.717) is 0 Å². The van der Waals surface area contributed by atoms with E-state index < -0.39 is 64.8 Å². The van der Waals surface area contributed by atoms with Gasteiger partial charge in [0, 0.05) is 6.42 Å². The maximum absolute atomic E-state index is 13.1. The molecule has 0 amide bonds. The summed E-state index contributed by atoms with van der Waals surface area (Å²) in [6.45, 7) is 0. The molecule has 0 saturated heterocycles. The van der Waals surface area contributed by atoms with Crippen LogP contribution in [-0.4, -0.2) is 62.4 Å². The van der Waals surface area contributed by atoms with Gasteiger partial charge in [0.25, 0.3) is 0 Å². The van der Waals surface area contributed by atoms with E-state index in [1.165, 1.54) is 0 Å². The lowest BCUT2D eigenvalue weighted by atomic mass is 9.97. The third kappa shape index (κ3) is 6.27. The van der Waals surface area contributed by atoms with E-state index in [9.17, 15) is 61.1 Å². The van der Waals surface area contributed by atoms with Crippen LogP contribution in [0.5, 0.6) is 0 Å². The van der Waals surface area contributed by atoms with Crippen molar-refractivity contribution in [2.45, 2.75) is 54.6 Å². The molecule has 0 spiro atoms. The molecule has 172 valence electrons. The number of hydrogen-bond donors (Lipinski definition) is 2. The van der Waals surface area contributed by atoms with Crippen LogP contribution in [0.2, 0.25) is 0 Å². The van der Waals surface area contributed by atoms with Gasteiger partial charge in [0.05, 0.1) is 0 Å². The minimum absolute atomic E-state index is 1.57. The maximum atomic E-state index is 13.1. The van der Waals surface area contributed by atoms with Crippen molar-refractivity contribution in [1.29, 1.82) is 0 Å². The van der Waals surface area contributed by atoms with Gasteiger partial charge in [-0.1, -0.05) is 0 Å². The first kappa shape index (κ1) is 29.2. The van der Waals surface area contributed by atoms with Crippen LogP contribution < -0.4 is 5.32 Å². The first-order valence-corrected chi connectivity index (χ1v) is 8.26. The summed E-state index contributed by atoms with van der Waals surface area (Å²) >= 11 is 0. The quantitative estimate of drug-likeness (QED) is 0.412. The standard InChI is InChI=1S/C9H8F12O3S.C2H7N/c10-4(2-1-3-5(11,12)13)6(14,15)7(16,17)8(18,19)9(20,21)25(22,23)24;1-3-2/h4H,1-3H2,(H,22,23,24);3H,1-2H3. The number of rotatable bonds is 8. The van der Waals surface area contributed by atoms with E-state index in [1.54, 1.807) is 0 Å². The fourth-order valence-electron chi connectivity index (χ4n) is 1.41. The summed E-state index contributed by atoms with van der Waals surface area (Å²) in [5, 5.41) is -4.39. The summed E-state index contributed by atoms with van der Waals surface area (Å²) in [5.74, 6) is -21.6. The monoisotopic (exact) mass is 469 g/mol. The molecule has 0 fully saturated rings. The Balaban J connectivity index is 0. The molecule has 0 bridgehead atoms. The SMILES string of the molecule is CNC.O=S(=O)(O)C(F)(F)C(F)(F)C(F)(F)C(F)(F)C(F)CCCC(F)(F)F. The first-order chi connectivity index (χ1) is 12.0. The van der Waals surface area contributed by atoms with Gasteiger partial charge in [0.1, 0.15) is 0 Å². The van der Waals surface area contributed by atoms with E-state index >= 15 is 0 Å². The van der Waals surface area contributed by atoms with Crippen LogP contribution in [-0.2, 0) is 10.1 Å². The molecule has 0 rings (SSSR count). The molecule has 0 aliphatic heterocycles. The van der Waals surface area contributed by atoms with Crippen molar-refractivity contribution in [3.63, 3.8) is 0 Å². The lowest BCUT2D eigenvalue weighted by Crippen LogP contribution is -2.66. The molecule has 2 N–H and O–H groups in total. The molecule has 1 atom stereocenters. The van der Waals surface area contributed by atoms with Crippen LogP contribution in [0.3, 0.4) is 0 Å². The fraction of sp³-hybridized carbons (Fsp3) is 1.00. The van der Waals surface area contributed by atoms with Gasteiger partial charge < -0.3 is 5.32 Å². The minimum Gasteiger partial charge on any atom is -0.323 e. The van der Waals surface area contributed by atoms with Gasteiger partial charge in [-0.15, -0.1) is 0 Å². The summed E-state index contributed by atoms with van der Waals surface area (Å²) in [7, 11) is -3.58. The lowest BCUT2D eigenvalue weighted by molar-refractivity contribution is -0.359. The summed E-state index contributed by atoms with van der Waals surface area (Å²) in [5.41, 5.74) is 0. The van der Waals surface area contributed by atoms with E-state index in [2.05, 4.69) is 5.32 Å². The van der Waals surface area contributed by atoms with Crippen molar-refractivity contribution in [2.75, 3.05) is 14.1 Å². The molecule has 4 nitrogen and oxygen atoms in total. The third-order valence-electron chi connectivity index (χ3n) is 2.81. The van der Waals surface area contributed by atoms with Gasteiger partial charge >= 0.3 is 39.3 Å². The Kier molecular flexibility index (Phi) is 9.64. The summed E-state index contributed by atoms with van der Waals surface area (Å²) in [6, 6.07) is 0. The average Bonchev–Trinajstić information content (AvgIpc) is 2.44. The topological polar surface area (TPSA) is 66.4 Å². The van der Waals surface area contributed by atoms with Gasteiger partial charge in [-0.25, -0.2) is 4.39 Å². The van der Waals surface area contributed by atoms with Gasteiger partial charge in [-0.05, 0) is 26.9 Å². The first-order valence-electron chi connectivity index (χ1n) is 6.82. The Morgan fingerprint density at radius 1 is 0.857 bits per heavy atom. The van der Waals surface area contributed by atoms with E-state index in [1.807, 2.05) is 14.1 Å². The summed E-state index contributed by atoms with van der Waals surface area (Å²) in [6.07, 6.45) is -15.1. The van der Waals surface area contributed by atoms with Gasteiger partial charge in [-0.2, -0.15) is 56.7 Å². The molecule has 0 saturated carbocycles. The Bertz CT molecular complexity index is 590. The highest BCUT2D eigenvalue weighted by Crippen LogP contribution is 2.55. The molecule has 0 aromatic rings. The van der Waals surface area contributed by atoms with Gasteiger partial charge in [0.2, 0.25) is 0 Å². The summed E-state index contributed by atoms with van der Waals surface area (Å²) < 4.78 is 180. The number of halogens is 12. The smallest absolute Gasteiger partial charge is 0.323 e. The average molecular weight is 469 g/mol. The predicted octanol–water partition coefficient (Wildman–Crippen LogP) is 4.28. The molecule has 0 heterocycles. The number of alkyl halides is 12. The Labute approximate surface area is 151 Å². The highest BCUT2D eigenvalue weighted by molar-refractivity contribution is 7.87. The zero-order valence-corrected chi connectivity index (χ0v) is 14.7. The largest absolute Gasteiger partial charge is 0.438 e. The van der Waals surface area contributed by atoms with Crippen LogP contribution in [0.15, 0.2) is 0 Å². The van der Waals surface area contributed by atoms with Gasteiger partial charge in [-0.3, -0.25) is 4.55 Å². The highest BCUT2D eigenvalue weighted by atomic mass is 32.2. The van der Waals surface area contributed by atoms with Crippen molar-refractivity contribution in [1.82, 2.24) is 5.32 Å².